The first-order valence-corrected chi connectivity index (χ1v) is 9.84. The quantitative estimate of drug-likeness (QED) is 0.709. The van der Waals surface area contributed by atoms with Crippen LogP contribution in [-0.4, -0.2) is 35.4 Å². The van der Waals surface area contributed by atoms with E-state index < -0.39 is 23.7 Å². The van der Waals surface area contributed by atoms with Crippen LogP contribution in [0, 0.1) is 17.6 Å². The van der Waals surface area contributed by atoms with Crippen LogP contribution in [0.3, 0.4) is 0 Å². The molecule has 4 rings (SSSR count). The van der Waals surface area contributed by atoms with Crippen LogP contribution in [0.15, 0.2) is 53.5 Å². The summed E-state index contributed by atoms with van der Waals surface area (Å²) in [6.07, 6.45) is -0.423. The summed E-state index contributed by atoms with van der Waals surface area (Å²) in [5.41, 5.74) is 6.27. The Kier molecular flexibility index (Phi) is 5.56. The number of amides is 2. The lowest BCUT2D eigenvalue weighted by Gasteiger charge is -2.32. The Balaban J connectivity index is 1.51. The Morgan fingerprint density at radius 1 is 1.24 bits per heavy atom. The molecule has 1 fully saturated rings. The Morgan fingerprint density at radius 2 is 2.03 bits per heavy atom. The Bertz CT molecular complexity index is 972. The summed E-state index contributed by atoms with van der Waals surface area (Å²) in [5, 5.41) is 2.70. The van der Waals surface area contributed by atoms with Crippen molar-refractivity contribution in [2.75, 3.05) is 22.5 Å². The molecule has 2 aromatic carbocycles. The molecule has 0 spiro atoms. The van der Waals surface area contributed by atoms with Crippen LogP contribution >= 0.6 is 11.8 Å². The van der Waals surface area contributed by atoms with Gasteiger partial charge in [-0.25, -0.2) is 19.2 Å². The highest BCUT2D eigenvalue weighted by atomic mass is 32.2. The number of benzene rings is 2. The van der Waals surface area contributed by atoms with Crippen molar-refractivity contribution in [3.8, 4) is 0 Å². The number of amidine groups is 1. The number of nitrogens with one attached hydrogen (secondary N) is 3. The minimum atomic E-state index is -0.732. The average molecular weight is 417 g/mol. The number of thioether (sulfide) groups is 1. The number of hydrogen-bond donors (Lipinski definition) is 3. The summed E-state index contributed by atoms with van der Waals surface area (Å²) in [7, 11) is 0. The van der Waals surface area contributed by atoms with Crippen LogP contribution in [0.25, 0.3) is 0 Å². The van der Waals surface area contributed by atoms with Crippen molar-refractivity contribution in [3.05, 3.63) is 60.2 Å². The predicted molar refractivity (Wildman–Crippen MR) is 107 cm³/mol. The molecule has 2 heterocycles. The highest BCUT2D eigenvalue weighted by Gasteiger charge is 2.42. The number of aliphatic imine (C=N–C) groups is 1. The smallest absolute Gasteiger partial charge is 0.241 e. The molecule has 10 heteroatoms. The number of rotatable bonds is 4. The van der Waals surface area contributed by atoms with Gasteiger partial charge in [-0.15, -0.1) is 0 Å². The van der Waals surface area contributed by atoms with E-state index in [2.05, 4.69) is 21.2 Å². The van der Waals surface area contributed by atoms with E-state index in [0.29, 0.717) is 17.4 Å². The molecule has 0 bridgehead atoms. The van der Waals surface area contributed by atoms with E-state index in [4.69, 9.17) is 0 Å². The van der Waals surface area contributed by atoms with E-state index in [1.54, 1.807) is 12.1 Å². The van der Waals surface area contributed by atoms with Gasteiger partial charge in [-0.1, -0.05) is 30.0 Å². The molecule has 2 amide bonds. The number of hydrogen-bond acceptors (Lipinski definition) is 6. The molecule has 3 N–H and O–H groups in total. The van der Waals surface area contributed by atoms with Crippen molar-refractivity contribution in [2.24, 2.45) is 10.9 Å². The maximum Gasteiger partial charge on any atom is 0.241 e. The Morgan fingerprint density at radius 3 is 2.83 bits per heavy atom. The van der Waals surface area contributed by atoms with E-state index in [1.807, 2.05) is 18.2 Å². The van der Waals surface area contributed by atoms with E-state index in [0.717, 1.165) is 30.0 Å². The molecule has 2 aliphatic heterocycles. The summed E-state index contributed by atoms with van der Waals surface area (Å²) < 4.78 is 27.0. The largest absolute Gasteiger partial charge is 0.323 e. The Labute approximate surface area is 169 Å². The summed E-state index contributed by atoms with van der Waals surface area (Å²) in [6.45, 7) is 0.452. The number of nitrogens with zero attached hydrogens (tertiary/aromatic N) is 2. The van der Waals surface area contributed by atoms with Crippen molar-refractivity contribution >= 4 is 40.1 Å². The molecule has 7 nitrogen and oxygen atoms in total. The van der Waals surface area contributed by atoms with Gasteiger partial charge in [-0.2, -0.15) is 0 Å². The second-order valence-electron chi connectivity index (χ2n) is 6.46. The Hall–Kier alpha value is -2.82. The summed E-state index contributed by atoms with van der Waals surface area (Å²) in [5.74, 6) is -2.54. The van der Waals surface area contributed by atoms with Crippen molar-refractivity contribution in [1.29, 1.82) is 0 Å². The van der Waals surface area contributed by atoms with Crippen LogP contribution in [0.2, 0.25) is 0 Å². The lowest BCUT2D eigenvalue weighted by Crippen LogP contribution is -2.49. The highest BCUT2D eigenvalue weighted by Crippen LogP contribution is 2.29. The first kappa shape index (κ1) is 19.5. The number of carbonyl (C=O) groups excluding carboxylic acids is 2. The van der Waals surface area contributed by atoms with Gasteiger partial charge in [0.1, 0.15) is 17.8 Å². The lowest BCUT2D eigenvalue weighted by atomic mass is 10.1. The molecule has 150 valence electrons. The van der Waals surface area contributed by atoms with Crippen LogP contribution in [0.4, 0.5) is 20.2 Å². The molecule has 2 unspecified atom stereocenters. The molecule has 0 radical (unpaired) electrons. The fourth-order valence-electron chi connectivity index (χ4n) is 3.09. The zero-order chi connectivity index (χ0) is 20.4. The van der Waals surface area contributed by atoms with Crippen molar-refractivity contribution in [1.82, 2.24) is 10.9 Å². The molecule has 0 aliphatic carbocycles. The SMILES string of the molecule is O=C(CSC1=NC2NNCC2C(=O)N1c1ccccc1)Nc1cc(F)ccc1F. The second kappa shape index (κ2) is 8.27. The summed E-state index contributed by atoms with van der Waals surface area (Å²) >= 11 is 1.05. The van der Waals surface area contributed by atoms with Gasteiger partial charge in [0.2, 0.25) is 11.8 Å². The van der Waals surface area contributed by atoms with E-state index in [1.165, 1.54) is 4.90 Å². The van der Waals surface area contributed by atoms with E-state index in [9.17, 15) is 18.4 Å². The maximum absolute atomic E-state index is 13.7. The first-order valence-electron chi connectivity index (χ1n) is 8.86. The molecule has 29 heavy (non-hydrogen) atoms. The monoisotopic (exact) mass is 417 g/mol. The van der Waals surface area contributed by atoms with Crippen molar-refractivity contribution in [2.45, 2.75) is 6.17 Å². The van der Waals surface area contributed by atoms with Gasteiger partial charge < -0.3 is 5.32 Å². The molecule has 0 aromatic heterocycles. The highest BCUT2D eigenvalue weighted by molar-refractivity contribution is 8.14. The van der Waals surface area contributed by atoms with E-state index >= 15 is 0 Å². The van der Waals surface area contributed by atoms with Crippen LogP contribution in [0.5, 0.6) is 0 Å². The third-order valence-corrected chi connectivity index (χ3v) is 5.43. The van der Waals surface area contributed by atoms with Crippen LogP contribution < -0.4 is 21.1 Å². The number of anilines is 2. The lowest BCUT2D eigenvalue weighted by molar-refractivity contribution is -0.121. The fourth-order valence-corrected chi connectivity index (χ4v) is 3.94. The van der Waals surface area contributed by atoms with Gasteiger partial charge in [0.25, 0.3) is 0 Å². The van der Waals surface area contributed by atoms with Gasteiger partial charge in [0, 0.05) is 12.6 Å². The van der Waals surface area contributed by atoms with Gasteiger partial charge >= 0.3 is 0 Å². The summed E-state index contributed by atoms with van der Waals surface area (Å²) in [4.78, 5) is 31.3. The molecule has 1 saturated heterocycles. The number of hydrazine groups is 1. The van der Waals surface area contributed by atoms with Crippen LogP contribution in [0.1, 0.15) is 0 Å². The minimum absolute atomic E-state index is 0.129. The average Bonchev–Trinajstić information content (AvgIpc) is 3.19. The molecular weight excluding hydrogens is 400 g/mol. The number of para-hydroxylation sites is 1. The molecule has 2 aliphatic rings. The van der Waals surface area contributed by atoms with Gasteiger partial charge in [0.05, 0.1) is 23.0 Å². The standard InChI is InChI=1S/C19H17F2N5O2S/c20-11-6-7-14(21)15(8-11)23-16(27)10-29-19-24-17-13(9-22-25-17)18(28)26(19)12-4-2-1-3-5-12/h1-8,13,17,22,25H,9-10H2,(H,23,27). The first-order chi connectivity index (χ1) is 14.0. The van der Waals surface area contributed by atoms with Crippen molar-refractivity contribution < 1.29 is 18.4 Å². The fraction of sp³-hybridized carbons (Fsp3) is 0.211. The molecule has 2 aromatic rings. The van der Waals surface area contributed by atoms with Gasteiger partial charge in [-0.3, -0.25) is 19.9 Å². The summed E-state index contributed by atoms with van der Waals surface area (Å²) in [6, 6.07) is 11.8. The molecule has 2 atom stereocenters. The van der Waals surface area contributed by atoms with Gasteiger partial charge in [0.15, 0.2) is 5.17 Å². The van der Waals surface area contributed by atoms with Crippen molar-refractivity contribution in [3.63, 3.8) is 0 Å². The third-order valence-electron chi connectivity index (χ3n) is 4.48. The second-order valence-corrected chi connectivity index (χ2v) is 7.40. The number of halogens is 2. The zero-order valence-electron chi connectivity index (χ0n) is 15.1. The van der Waals surface area contributed by atoms with Gasteiger partial charge in [-0.05, 0) is 24.3 Å². The van der Waals surface area contributed by atoms with E-state index in [-0.39, 0.29) is 23.3 Å². The minimum Gasteiger partial charge on any atom is -0.323 e. The number of fused-ring (bicyclic) bond motifs is 1. The third kappa shape index (κ3) is 4.14. The zero-order valence-corrected chi connectivity index (χ0v) is 15.9. The maximum atomic E-state index is 13.7. The normalized spacial score (nSPS) is 21.0. The predicted octanol–water partition coefficient (Wildman–Crippen LogP) is 2.09. The van der Waals surface area contributed by atoms with Crippen LogP contribution in [-0.2, 0) is 9.59 Å². The molecule has 0 saturated carbocycles. The topological polar surface area (TPSA) is 85.8 Å². The molecular formula is C19H17F2N5O2S. The number of carbonyl (C=O) groups is 2.